The minimum Gasteiger partial charge on any atom is -0.492 e. The van der Waals surface area contributed by atoms with Gasteiger partial charge in [-0.25, -0.2) is 5.48 Å². The molecule has 35 heavy (non-hydrogen) atoms. The van der Waals surface area contributed by atoms with E-state index in [2.05, 4.69) is 5.32 Å². The molecule has 2 amide bonds. The van der Waals surface area contributed by atoms with E-state index in [1.807, 2.05) is 45.0 Å². The highest BCUT2D eigenvalue weighted by molar-refractivity contribution is 7.80. The molecule has 1 aromatic carbocycles. The Morgan fingerprint density at radius 2 is 1.74 bits per heavy atom. The molecule has 1 aromatic rings. The Morgan fingerprint density at radius 1 is 1.06 bits per heavy atom. The number of methoxy groups -OCH3 is 1. The largest absolute Gasteiger partial charge is 0.492 e. The van der Waals surface area contributed by atoms with Gasteiger partial charge in [0.15, 0.2) is 0 Å². The van der Waals surface area contributed by atoms with Crippen LogP contribution in [-0.4, -0.2) is 86.4 Å². The maximum absolute atomic E-state index is 13.1. The zero-order chi connectivity index (χ0) is 26.1. The van der Waals surface area contributed by atoms with Gasteiger partial charge < -0.3 is 29.2 Å². The number of rotatable bonds is 18. The summed E-state index contributed by atoms with van der Waals surface area (Å²) >= 11 is 5.63. The first-order valence-electron chi connectivity index (χ1n) is 11.6. The van der Waals surface area contributed by atoms with Gasteiger partial charge in [-0.2, -0.15) is 0 Å². The molecule has 0 aromatic heterocycles. The third-order valence-electron chi connectivity index (χ3n) is 5.01. The smallest absolute Gasteiger partial charge is 0.243 e. The molecule has 0 saturated heterocycles. The van der Waals surface area contributed by atoms with E-state index >= 15 is 0 Å². The molecule has 11 heteroatoms. The van der Waals surface area contributed by atoms with E-state index in [4.69, 9.17) is 36.4 Å². The lowest BCUT2D eigenvalue weighted by molar-refractivity contribution is -0.137. The van der Waals surface area contributed by atoms with E-state index in [9.17, 15) is 9.59 Å². The van der Waals surface area contributed by atoms with Crippen LogP contribution in [0.25, 0.3) is 0 Å². The van der Waals surface area contributed by atoms with Gasteiger partial charge in [-0.15, -0.1) is 0 Å². The van der Waals surface area contributed by atoms with Crippen LogP contribution >= 0.6 is 12.2 Å². The van der Waals surface area contributed by atoms with Crippen LogP contribution in [0.5, 0.6) is 5.75 Å². The van der Waals surface area contributed by atoms with Crippen molar-refractivity contribution in [1.29, 1.82) is 0 Å². The van der Waals surface area contributed by atoms with Gasteiger partial charge >= 0.3 is 0 Å². The van der Waals surface area contributed by atoms with Crippen molar-refractivity contribution >= 4 is 29.0 Å². The second kappa shape index (κ2) is 18.0. The molecule has 0 aliphatic rings. The van der Waals surface area contributed by atoms with E-state index in [1.165, 1.54) is 0 Å². The number of amides is 2. The van der Waals surface area contributed by atoms with Crippen molar-refractivity contribution in [3.05, 3.63) is 29.8 Å². The lowest BCUT2D eigenvalue weighted by atomic mass is 10.0. The Kier molecular flexibility index (Phi) is 15.8. The molecule has 0 aliphatic carbocycles. The maximum Gasteiger partial charge on any atom is 0.243 e. The van der Waals surface area contributed by atoms with Crippen LogP contribution in [0, 0.1) is 12.8 Å². The van der Waals surface area contributed by atoms with Gasteiger partial charge in [0.1, 0.15) is 19.1 Å². The van der Waals surface area contributed by atoms with Crippen molar-refractivity contribution in [2.24, 2.45) is 5.92 Å². The molecule has 10 nitrogen and oxygen atoms in total. The lowest BCUT2D eigenvalue weighted by Crippen LogP contribution is -2.53. The highest BCUT2D eigenvalue weighted by Gasteiger charge is 2.30. The summed E-state index contributed by atoms with van der Waals surface area (Å²) in [6, 6.07) is 7.24. The van der Waals surface area contributed by atoms with Gasteiger partial charge in [0.2, 0.25) is 11.8 Å². The number of benzene rings is 1. The third-order valence-corrected chi connectivity index (χ3v) is 5.40. The molecule has 0 saturated carbocycles. The van der Waals surface area contributed by atoms with Crippen LogP contribution in [0.2, 0.25) is 0 Å². The summed E-state index contributed by atoms with van der Waals surface area (Å²) in [6.07, 6.45) is -0.197. The molecule has 1 rings (SSSR count). The van der Waals surface area contributed by atoms with E-state index in [-0.39, 0.29) is 44.6 Å². The molecule has 0 heterocycles. The number of nitrogens with one attached hydrogen (secondary N) is 2. The zero-order valence-corrected chi connectivity index (χ0v) is 21.9. The second-order valence-corrected chi connectivity index (χ2v) is 8.63. The molecule has 3 N–H and O–H groups in total. The SMILES string of the molecule is COCCOCOCCNC(=S)[C@H](C(C)C)N(CCOc1ccc(C)cc1)C(=O)CCC(=O)NO. The normalized spacial score (nSPS) is 11.7. The Hall–Kier alpha value is -2.31. The van der Waals surface area contributed by atoms with Crippen LogP contribution in [0.1, 0.15) is 32.3 Å². The first kappa shape index (κ1) is 30.7. The van der Waals surface area contributed by atoms with Gasteiger partial charge in [-0.3, -0.25) is 14.8 Å². The van der Waals surface area contributed by atoms with Crippen molar-refractivity contribution in [3.63, 3.8) is 0 Å². The van der Waals surface area contributed by atoms with Gasteiger partial charge in [0, 0.05) is 26.5 Å². The number of carbonyl (C=O) groups excluding carboxylic acids is 2. The number of hydroxylamine groups is 1. The predicted octanol–water partition coefficient (Wildman–Crippen LogP) is 2.07. The Labute approximate surface area is 213 Å². The highest BCUT2D eigenvalue weighted by atomic mass is 32.1. The van der Waals surface area contributed by atoms with Crippen molar-refractivity contribution in [3.8, 4) is 5.75 Å². The van der Waals surface area contributed by atoms with Crippen molar-refractivity contribution in [2.45, 2.75) is 39.7 Å². The van der Waals surface area contributed by atoms with Crippen LogP contribution in [0.15, 0.2) is 24.3 Å². The number of hydrogen-bond donors (Lipinski definition) is 3. The number of hydrogen-bond acceptors (Lipinski definition) is 8. The molecule has 198 valence electrons. The summed E-state index contributed by atoms with van der Waals surface area (Å²) in [5, 5.41) is 11.9. The minimum atomic E-state index is -0.624. The maximum atomic E-state index is 13.1. The average molecular weight is 514 g/mol. The molecule has 0 aliphatic heterocycles. The summed E-state index contributed by atoms with van der Waals surface area (Å²) < 4.78 is 21.4. The van der Waals surface area contributed by atoms with Crippen LogP contribution in [0.4, 0.5) is 0 Å². The van der Waals surface area contributed by atoms with Gasteiger partial charge in [-0.05, 0) is 25.0 Å². The van der Waals surface area contributed by atoms with E-state index < -0.39 is 11.9 Å². The first-order valence-corrected chi connectivity index (χ1v) is 12.0. The van der Waals surface area contributed by atoms with E-state index in [0.29, 0.717) is 37.1 Å². The van der Waals surface area contributed by atoms with Crippen LogP contribution in [0.3, 0.4) is 0 Å². The fraction of sp³-hybridized carbons (Fsp3) is 0.625. The fourth-order valence-electron chi connectivity index (χ4n) is 3.21. The van der Waals surface area contributed by atoms with Crippen molar-refractivity contribution in [2.75, 3.05) is 53.4 Å². The lowest BCUT2D eigenvalue weighted by Gasteiger charge is -2.35. The first-order chi connectivity index (χ1) is 16.8. The quantitative estimate of drug-likeness (QED) is 0.0891. The average Bonchev–Trinajstić information content (AvgIpc) is 2.84. The van der Waals surface area contributed by atoms with Crippen LogP contribution in [-0.2, 0) is 23.8 Å². The van der Waals surface area contributed by atoms with Gasteiger partial charge in [-0.1, -0.05) is 43.8 Å². The predicted molar refractivity (Wildman–Crippen MR) is 135 cm³/mol. The summed E-state index contributed by atoms with van der Waals surface area (Å²) in [4.78, 5) is 26.7. The number of aryl methyl sites for hydroxylation is 1. The number of carbonyl (C=O) groups is 2. The van der Waals surface area contributed by atoms with E-state index in [1.54, 1.807) is 17.5 Å². The van der Waals surface area contributed by atoms with Crippen molar-refractivity contribution < 1.29 is 33.7 Å². The number of nitrogens with zero attached hydrogens (tertiary/aromatic N) is 1. The zero-order valence-electron chi connectivity index (χ0n) is 21.1. The van der Waals surface area contributed by atoms with Gasteiger partial charge in [0.25, 0.3) is 0 Å². The Balaban J connectivity index is 2.73. The molecule has 0 bridgehead atoms. The highest BCUT2D eigenvalue weighted by Crippen LogP contribution is 2.16. The molecule has 0 unspecified atom stereocenters. The van der Waals surface area contributed by atoms with Gasteiger partial charge in [0.05, 0.1) is 37.4 Å². The standard InChI is InChI=1S/C24H39N3O7S/c1-18(2)23(24(35)25-11-13-32-17-33-16-15-31-4)27(22(29)10-9-21(28)26-30)12-14-34-20-7-5-19(3)6-8-20/h5-8,18,23,30H,9-17H2,1-4H3,(H,25,35)(H,26,28)/t23-/m0/s1. The summed E-state index contributed by atoms with van der Waals surface area (Å²) in [5.74, 6) is -0.176. The topological polar surface area (TPSA) is 119 Å². The molecular formula is C24H39N3O7S. The van der Waals surface area contributed by atoms with Crippen molar-refractivity contribution in [1.82, 2.24) is 15.7 Å². The molecule has 0 fully saturated rings. The third kappa shape index (κ3) is 12.8. The number of ether oxygens (including phenoxy) is 4. The summed E-state index contributed by atoms with van der Waals surface area (Å²) in [5.41, 5.74) is 2.68. The monoisotopic (exact) mass is 513 g/mol. The molecular weight excluding hydrogens is 474 g/mol. The second-order valence-electron chi connectivity index (χ2n) is 8.19. The fourth-order valence-corrected chi connectivity index (χ4v) is 3.71. The molecule has 0 radical (unpaired) electrons. The molecule has 0 spiro atoms. The van der Waals surface area contributed by atoms with Crippen LogP contribution < -0.4 is 15.5 Å². The summed E-state index contributed by atoms with van der Waals surface area (Å²) in [6.45, 7) is 8.40. The summed E-state index contributed by atoms with van der Waals surface area (Å²) in [7, 11) is 1.60. The minimum absolute atomic E-state index is 0.00305. The van der Waals surface area contributed by atoms with E-state index in [0.717, 1.165) is 5.56 Å². The molecule has 1 atom stereocenters. The Bertz CT molecular complexity index is 762. The Morgan fingerprint density at radius 3 is 2.37 bits per heavy atom. The number of thiocarbonyl (C=S) groups is 1.